The number of benzene rings is 2. The van der Waals surface area contributed by atoms with E-state index in [9.17, 15) is 19.2 Å². The first-order chi connectivity index (χ1) is 15.8. The number of esters is 1. The number of nitrogens with one attached hydrogen (secondary N) is 1. The standard InChI is InChI=1S/C23H22N2O7S/c1-4-31-17-8-6-16(7-9-17)24-21(27)13-25-22(28)20(33-23(25)29)12-15-5-10-18(32-14(2)26)19(11-15)30-3/h5-12H,4,13H2,1-3H3,(H,24,27)/b20-12-. The number of imide groups is 1. The van der Waals surface area contributed by atoms with Crippen LogP contribution in [0.4, 0.5) is 10.5 Å². The summed E-state index contributed by atoms with van der Waals surface area (Å²) in [6.45, 7) is 3.26. The first-order valence-corrected chi connectivity index (χ1v) is 10.8. The van der Waals surface area contributed by atoms with Crippen molar-refractivity contribution in [1.29, 1.82) is 0 Å². The van der Waals surface area contributed by atoms with Gasteiger partial charge in [-0.25, -0.2) is 0 Å². The molecule has 1 heterocycles. The zero-order valence-electron chi connectivity index (χ0n) is 18.2. The molecule has 0 radical (unpaired) electrons. The molecule has 0 saturated carbocycles. The van der Waals surface area contributed by atoms with Crippen molar-refractivity contribution in [3.8, 4) is 17.2 Å². The summed E-state index contributed by atoms with van der Waals surface area (Å²) >= 11 is 0.736. The van der Waals surface area contributed by atoms with E-state index in [1.54, 1.807) is 36.4 Å². The maximum atomic E-state index is 12.7. The topological polar surface area (TPSA) is 111 Å². The summed E-state index contributed by atoms with van der Waals surface area (Å²) in [5.74, 6) is -0.367. The summed E-state index contributed by atoms with van der Waals surface area (Å²) in [7, 11) is 1.42. The summed E-state index contributed by atoms with van der Waals surface area (Å²) in [6.07, 6.45) is 1.51. The molecule has 3 rings (SSSR count). The lowest BCUT2D eigenvalue weighted by atomic mass is 10.2. The number of hydrogen-bond acceptors (Lipinski definition) is 8. The largest absolute Gasteiger partial charge is 0.494 e. The van der Waals surface area contributed by atoms with Crippen LogP contribution in [0.5, 0.6) is 17.2 Å². The Labute approximate surface area is 194 Å². The van der Waals surface area contributed by atoms with Crippen LogP contribution in [0.25, 0.3) is 6.08 Å². The molecule has 1 aliphatic rings. The average Bonchev–Trinajstić information content (AvgIpc) is 3.03. The summed E-state index contributed by atoms with van der Waals surface area (Å²) < 4.78 is 15.6. The fourth-order valence-electron chi connectivity index (χ4n) is 2.95. The highest BCUT2D eigenvalue weighted by atomic mass is 32.2. The second-order valence-corrected chi connectivity index (χ2v) is 7.77. The minimum atomic E-state index is -0.574. The third-order valence-corrected chi connectivity index (χ3v) is 5.27. The number of rotatable bonds is 8. The highest BCUT2D eigenvalue weighted by Crippen LogP contribution is 2.34. The Balaban J connectivity index is 1.68. The van der Waals surface area contributed by atoms with E-state index in [0.29, 0.717) is 29.4 Å². The number of anilines is 1. The van der Waals surface area contributed by atoms with E-state index in [-0.39, 0.29) is 10.7 Å². The van der Waals surface area contributed by atoms with E-state index >= 15 is 0 Å². The smallest absolute Gasteiger partial charge is 0.308 e. The number of carbonyl (C=O) groups is 4. The van der Waals surface area contributed by atoms with Gasteiger partial charge in [-0.1, -0.05) is 6.07 Å². The molecule has 0 unspecified atom stereocenters. The highest BCUT2D eigenvalue weighted by molar-refractivity contribution is 8.18. The minimum absolute atomic E-state index is 0.163. The Morgan fingerprint density at radius 1 is 1.09 bits per heavy atom. The SMILES string of the molecule is CCOc1ccc(NC(=O)CN2C(=O)S/C(=C\c3ccc(OC(C)=O)c(OC)c3)C2=O)cc1. The molecule has 1 aliphatic heterocycles. The molecule has 1 saturated heterocycles. The van der Waals surface area contributed by atoms with Crippen molar-refractivity contribution in [2.45, 2.75) is 13.8 Å². The molecule has 0 atom stereocenters. The molecule has 1 fully saturated rings. The molecular formula is C23H22N2O7S. The fourth-order valence-corrected chi connectivity index (χ4v) is 3.78. The Bertz CT molecular complexity index is 1110. The molecule has 2 aromatic rings. The molecule has 33 heavy (non-hydrogen) atoms. The van der Waals surface area contributed by atoms with Crippen LogP contribution in [0.3, 0.4) is 0 Å². The van der Waals surface area contributed by atoms with Gasteiger partial charge in [-0.3, -0.25) is 24.1 Å². The lowest BCUT2D eigenvalue weighted by Crippen LogP contribution is -2.36. The molecular weight excluding hydrogens is 448 g/mol. The molecule has 3 amide bonds. The van der Waals surface area contributed by atoms with Crippen molar-refractivity contribution in [2.24, 2.45) is 0 Å². The summed E-state index contributed by atoms with van der Waals surface area (Å²) in [5.41, 5.74) is 1.08. The van der Waals surface area contributed by atoms with Crippen LogP contribution in [0, 0.1) is 0 Å². The minimum Gasteiger partial charge on any atom is -0.494 e. The number of nitrogens with zero attached hydrogens (tertiary/aromatic N) is 1. The van der Waals surface area contributed by atoms with Gasteiger partial charge in [0.15, 0.2) is 11.5 Å². The third-order valence-electron chi connectivity index (χ3n) is 4.36. The molecule has 172 valence electrons. The molecule has 0 aliphatic carbocycles. The van der Waals surface area contributed by atoms with Crippen LogP contribution in [0.2, 0.25) is 0 Å². The Kier molecular flexibility index (Phi) is 7.73. The van der Waals surface area contributed by atoms with Gasteiger partial charge in [0.1, 0.15) is 12.3 Å². The van der Waals surface area contributed by atoms with Crippen molar-refractivity contribution < 1.29 is 33.4 Å². The molecule has 10 heteroatoms. The number of methoxy groups -OCH3 is 1. The van der Waals surface area contributed by atoms with Crippen molar-refractivity contribution in [3.63, 3.8) is 0 Å². The van der Waals surface area contributed by atoms with Crippen LogP contribution in [-0.2, 0) is 14.4 Å². The molecule has 2 aromatic carbocycles. The second kappa shape index (κ2) is 10.7. The van der Waals surface area contributed by atoms with E-state index < -0.39 is 29.6 Å². The Morgan fingerprint density at radius 2 is 1.82 bits per heavy atom. The highest BCUT2D eigenvalue weighted by Gasteiger charge is 2.36. The fraction of sp³-hybridized carbons (Fsp3) is 0.217. The van der Waals surface area contributed by atoms with Gasteiger partial charge in [0.2, 0.25) is 5.91 Å². The second-order valence-electron chi connectivity index (χ2n) is 6.78. The van der Waals surface area contributed by atoms with Gasteiger partial charge in [0, 0.05) is 12.6 Å². The van der Waals surface area contributed by atoms with E-state index in [1.807, 2.05) is 6.92 Å². The van der Waals surface area contributed by atoms with Gasteiger partial charge in [-0.15, -0.1) is 0 Å². The molecule has 0 bridgehead atoms. The normalized spacial score (nSPS) is 14.4. The lowest BCUT2D eigenvalue weighted by Gasteiger charge is -2.13. The summed E-state index contributed by atoms with van der Waals surface area (Å²) in [4.78, 5) is 49.6. The Morgan fingerprint density at radius 3 is 2.45 bits per heavy atom. The number of carbonyl (C=O) groups excluding carboxylic acids is 4. The van der Waals surface area contributed by atoms with E-state index in [0.717, 1.165) is 16.7 Å². The number of amides is 3. The van der Waals surface area contributed by atoms with Crippen molar-refractivity contribution in [2.75, 3.05) is 25.6 Å². The van der Waals surface area contributed by atoms with Crippen LogP contribution in [0.15, 0.2) is 47.4 Å². The molecule has 9 nitrogen and oxygen atoms in total. The van der Waals surface area contributed by atoms with Gasteiger partial charge in [-0.05, 0) is 66.7 Å². The molecule has 0 spiro atoms. The van der Waals surface area contributed by atoms with E-state index in [4.69, 9.17) is 14.2 Å². The third kappa shape index (κ3) is 6.13. The quantitative estimate of drug-likeness (QED) is 0.353. The van der Waals surface area contributed by atoms with Crippen LogP contribution >= 0.6 is 11.8 Å². The first kappa shape index (κ1) is 23.9. The zero-order valence-corrected chi connectivity index (χ0v) is 19.1. The van der Waals surface area contributed by atoms with Gasteiger partial charge in [-0.2, -0.15) is 0 Å². The van der Waals surface area contributed by atoms with Gasteiger partial charge >= 0.3 is 5.97 Å². The molecule has 1 N–H and O–H groups in total. The predicted octanol–water partition coefficient (Wildman–Crippen LogP) is 3.69. The predicted molar refractivity (Wildman–Crippen MR) is 123 cm³/mol. The summed E-state index contributed by atoms with van der Waals surface area (Å²) in [5, 5.41) is 2.11. The first-order valence-electron chi connectivity index (χ1n) is 9.95. The van der Waals surface area contributed by atoms with E-state index in [1.165, 1.54) is 26.2 Å². The monoisotopic (exact) mass is 470 g/mol. The zero-order chi connectivity index (χ0) is 24.0. The van der Waals surface area contributed by atoms with Gasteiger partial charge < -0.3 is 19.5 Å². The number of ether oxygens (including phenoxy) is 3. The van der Waals surface area contributed by atoms with Gasteiger partial charge in [0.05, 0.1) is 18.6 Å². The van der Waals surface area contributed by atoms with Crippen molar-refractivity contribution >= 4 is 46.5 Å². The maximum Gasteiger partial charge on any atom is 0.308 e. The number of hydrogen-bond donors (Lipinski definition) is 1. The van der Waals surface area contributed by atoms with E-state index in [2.05, 4.69) is 5.32 Å². The maximum absolute atomic E-state index is 12.7. The van der Waals surface area contributed by atoms with Gasteiger partial charge in [0.25, 0.3) is 11.1 Å². The Hall–Kier alpha value is -3.79. The lowest BCUT2D eigenvalue weighted by molar-refractivity contribution is -0.132. The number of thioether (sulfide) groups is 1. The van der Waals surface area contributed by atoms with Crippen LogP contribution in [-0.4, -0.2) is 48.2 Å². The van der Waals surface area contributed by atoms with Crippen LogP contribution < -0.4 is 19.5 Å². The average molecular weight is 471 g/mol. The van der Waals surface area contributed by atoms with Crippen molar-refractivity contribution in [1.82, 2.24) is 4.90 Å². The van der Waals surface area contributed by atoms with Crippen LogP contribution in [0.1, 0.15) is 19.4 Å². The molecule has 0 aromatic heterocycles. The summed E-state index contributed by atoms with van der Waals surface area (Å²) in [6, 6.07) is 11.5. The van der Waals surface area contributed by atoms with Crippen molar-refractivity contribution in [3.05, 3.63) is 52.9 Å².